The Balaban J connectivity index is 1.99. The van der Waals surface area contributed by atoms with Gasteiger partial charge in [0.25, 0.3) is 0 Å². The Morgan fingerprint density at radius 3 is 2.42 bits per heavy atom. The minimum Gasteiger partial charge on any atom is -0.497 e. The third-order valence-electron chi connectivity index (χ3n) is 2.61. The minimum absolute atomic E-state index is 0.00887. The molecule has 0 saturated carbocycles. The van der Waals surface area contributed by atoms with Gasteiger partial charge in [0, 0.05) is 5.56 Å². The summed E-state index contributed by atoms with van der Waals surface area (Å²) in [6, 6.07) is 14.4. The number of ketones is 1. The molecule has 0 unspecified atom stereocenters. The van der Waals surface area contributed by atoms with E-state index in [1.165, 1.54) is 0 Å². The minimum atomic E-state index is -0.0709. The molecule has 98 valence electrons. The quantitative estimate of drug-likeness (QED) is 0.788. The summed E-state index contributed by atoms with van der Waals surface area (Å²) in [5, 5.41) is 0. The van der Waals surface area contributed by atoms with E-state index in [9.17, 15) is 4.79 Å². The van der Waals surface area contributed by atoms with Crippen LogP contribution in [0.4, 0.5) is 0 Å². The lowest BCUT2D eigenvalue weighted by Gasteiger charge is -2.07. The van der Waals surface area contributed by atoms with Crippen LogP contribution in [0.2, 0.25) is 0 Å². The van der Waals surface area contributed by atoms with Crippen LogP contribution in [0.5, 0.6) is 11.5 Å². The van der Waals surface area contributed by atoms with Crippen molar-refractivity contribution in [3.8, 4) is 11.5 Å². The standard InChI is InChI=1S/C15H13BrO3/c1-18-12-8-6-11(7-9-12)14(17)10-19-15-5-3-2-4-13(15)16/h2-9H,10H2,1H3. The van der Waals surface area contributed by atoms with Crippen molar-refractivity contribution >= 4 is 21.7 Å². The molecule has 0 aliphatic heterocycles. The first-order valence-electron chi connectivity index (χ1n) is 5.75. The maximum Gasteiger partial charge on any atom is 0.200 e. The molecule has 0 heterocycles. The van der Waals surface area contributed by atoms with Gasteiger partial charge in [-0.15, -0.1) is 0 Å². The first kappa shape index (κ1) is 13.6. The van der Waals surface area contributed by atoms with Gasteiger partial charge in [-0.3, -0.25) is 4.79 Å². The first-order chi connectivity index (χ1) is 9.20. The Bertz CT molecular complexity index is 564. The number of para-hydroxylation sites is 1. The van der Waals surface area contributed by atoms with Crippen LogP contribution < -0.4 is 9.47 Å². The number of benzene rings is 2. The molecule has 0 aliphatic carbocycles. The average Bonchev–Trinajstić information content (AvgIpc) is 2.46. The number of ether oxygens (including phenoxy) is 2. The van der Waals surface area contributed by atoms with E-state index in [1.54, 1.807) is 31.4 Å². The van der Waals surface area contributed by atoms with Crippen LogP contribution in [-0.4, -0.2) is 19.5 Å². The molecule has 0 saturated heterocycles. The van der Waals surface area contributed by atoms with Crippen LogP contribution in [-0.2, 0) is 0 Å². The summed E-state index contributed by atoms with van der Waals surface area (Å²) < 4.78 is 11.4. The maximum atomic E-state index is 11.9. The zero-order valence-electron chi connectivity index (χ0n) is 10.4. The second-order valence-electron chi connectivity index (χ2n) is 3.87. The molecule has 2 aromatic carbocycles. The normalized spacial score (nSPS) is 10.0. The summed E-state index contributed by atoms with van der Waals surface area (Å²) in [7, 11) is 1.59. The summed E-state index contributed by atoms with van der Waals surface area (Å²) in [5.41, 5.74) is 0.604. The number of Topliss-reactive ketones (excluding diaryl/α,β-unsaturated/α-hetero) is 1. The van der Waals surface area contributed by atoms with Crippen LogP contribution >= 0.6 is 15.9 Å². The summed E-state index contributed by atoms with van der Waals surface area (Å²) in [6.07, 6.45) is 0. The number of carbonyl (C=O) groups is 1. The maximum absolute atomic E-state index is 11.9. The third kappa shape index (κ3) is 3.58. The fourth-order valence-corrected chi connectivity index (χ4v) is 1.96. The SMILES string of the molecule is COc1ccc(C(=O)COc2ccccc2Br)cc1. The van der Waals surface area contributed by atoms with Gasteiger partial charge in [0.05, 0.1) is 11.6 Å². The monoisotopic (exact) mass is 320 g/mol. The Kier molecular flexibility index (Phi) is 4.58. The van der Waals surface area contributed by atoms with Crippen molar-refractivity contribution in [1.29, 1.82) is 0 Å². The van der Waals surface area contributed by atoms with Gasteiger partial charge in [0.15, 0.2) is 12.4 Å². The van der Waals surface area contributed by atoms with Gasteiger partial charge in [-0.25, -0.2) is 0 Å². The summed E-state index contributed by atoms with van der Waals surface area (Å²) in [5.74, 6) is 1.31. The van der Waals surface area contributed by atoms with Crippen molar-refractivity contribution in [3.63, 3.8) is 0 Å². The predicted molar refractivity (Wildman–Crippen MR) is 77.0 cm³/mol. The van der Waals surface area contributed by atoms with Crippen molar-refractivity contribution in [1.82, 2.24) is 0 Å². The smallest absolute Gasteiger partial charge is 0.200 e. The molecule has 0 spiro atoms. The van der Waals surface area contributed by atoms with E-state index in [2.05, 4.69) is 15.9 Å². The molecule has 0 bridgehead atoms. The van der Waals surface area contributed by atoms with Gasteiger partial charge < -0.3 is 9.47 Å². The average molecular weight is 321 g/mol. The molecule has 0 atom stereocenters. The molecule has 2 rings (SSSR count). The number of carbonyl (C=O) groups excluding carboxylic acids is 1. The molecular formula is C15H13BrO3. The number of halogens is 1. The Hall–Kier alpha value is -1.81. The number of methoxy groups -OCH3 is 1. The summed E-state index contributed by atoms with van der Waals surface area (Å²) >= 11 is 3.37. The van der Waals surface area contributed by atoms with E-state index in [4.69, 9.17) is 9.47 Å². The Labute approximate surface area is 120 Å². The highest BCUT2D eigenvalue weighted by molar-refractivity contribution is 9.10. The molecule has 0 fully saturated rings. The molecule has 4 heteroatoms. The van der Waals surface area contributed by atoms with Gasteiger partial charge in [-0.1, -0.05) is 12.1 Å². The van der Waals surface area contributed by atoms with E-state index >= 15 is 0 Å². The summed E-state index contributed by atoms with van der Waals surface area (Å²) in [4.78, 5) is 11.9. The highest BCUT2D eigenvalue weighted by atomic mass is 79.9. The second-order valence-corrected chi connectivity index (χ2v) is 4.73. The molecular weight excluding hydrogens is 308 g/mol. The predicted octanol–water partition coefficient (Wildman–Crippen LogP) is 3.72. The molecule has 19 heavy (non-hydrogen) atoms. The lowest BCUT2D eigenvalue weighted by atomic mass is 10.1. The molecule has 2 aromatic rings. The largest absolute Gasteiger partial charge is 0.497 e. The van der Waals surface area contributed by atoms with Crippen LogP contribution in [0, 0.1) is 0 Å². The zero-order chi connectivity index (χ0) is 13.7. The molecule has 0 amide bonds. The van der Waals surface area contributed by atoms with Crippen LogP contribution in [0.3, 0.4) is 0 Å². The zero-order valence-corrected chi connectivity index (χ0v) is 12.0. The number of rotatable bonds is 5. The van der Waals surface area contributed by atoms with E-state index in [0.717, 1.165) is 10.2 Å². The molecule has 0 aromatic heterocycles. The van der Waals surface area contributed by atoms with E-state index in [1.807, 2.05) is 24.3 Å². The van der Waals surface area contributed by atoms with Gasteiger partial charge in [0.2, 0.25) is 0 Å². The highest BCUT2D eigenvalue weighted by Gasteiger charge is 2.08. The van der Waals surface area contributed by atoms with Gasteiger partial charge in [-0.2, -0.15) is 0 Å². The van der Waals surface area contributed by atoms with E-state index in [0.29, 0.717) is 11.3 Å². The van der Waals surface area contributed by atoms with Crippen LogP contribution in [0.25, 0.3) is 0 Å². The van der Waals surface area contributed by atoms with Gasteiger partial charge in [-0.05, 0) is 52.3 Å². The lowest BCUT2D eigenvalue weighted by molar-refractivity contribution is 0.0921. The highest BCUT2D eigenvalue weighted by Crippen LogP contribution is 2.24. The van der Waals surface area contributed by atoms with Crippen molar-refractivity contribution in [2.45, 2.75) is 0 Å². The number of hydrogen-bond donors (Lipinski definition) is 0. The summed E-state index contributed by atoms with van der Waals surface area (Å²) in [6.45, 7) is 0.00887. The topological polar surface area (TPSA) is 35.5 Å². The first-order valence-corrected chi connectivity index (χ1v) is 6.54. The lowest BCUT2D eigenvalue weighted by Crippen LogP contribution is -2.11. The Morgan fingerprint density at radius 2 is 1.79 bits per heavy atom. The van der Waals surface area contributed by atoms with Crippen molar-refractivity contribution in [2.24, 2.45) is 0 Å². The van der Waals surface area contributed by atoms with Crippen LogP contribution in [0.1, 0.15) is 10.4 Å². The third-order valence-corrected chi connectivity index (χ3v) is 3.26. The molecule has 0 N–H and O–H groups in total. The van der Waals surface area contributed by atoms with E-state index < -0.39 is 0 Å². The molecule has 0 radical (unpaired) electrons. The van der Waals surface area contributed by atoms with Crippen molar-refractivity contribution in [2.75, 3.05) is 13.7 Å². The van der Waals surface area contributed by atoms with Crippen molar-refractivity contribution in [3.05, 3.63) is 58.6 Å². The fraction of sp³-hybridized carbons (Fsp3) is 0.133. The van der Waals surface area contributed by atoms with Gasteiger partial charge >= 0.3 is 0 Å². The van der Waals surface area contributed by atoms with Gasteiger partial charge in [0.1, 0.15) is 11.5 Å². The number of hydrogen-bond acceptors (Lipinski definition) is 3. The molecule has 0 aliphatic rings. The van der Waals surface area contributed by atoms with Crippen LogP contribution in [0.15, 0.2) is 53.0 Å². The fourth-order valence-electron chi connectivity index (χ4n) is 1.57. The Morgan fingerprint density at radius 1 is 1.11 bits per heavy atom. The molecule has 3 nitrogen and oxygen atoms in total. The van der Waals surface area contributed by atoms with E-state index in [-0.39, 0.29) is 12.4 Å². The van der Waals surface area contributed by atoms with Crippen molar-refractivity contribution < 1.29 is 14.3 Å². The second kappa shape index (κ2) is 6.38.